The number of fused-ring (bicyclic) bond motifs is 1. The lowest BCUT2D eigenvalue weighted by Gasteiger charge is -2.20. The van der Waals surface area contributed by atoms with Crippen molar-refractivity contribution in [2.45, 2.75) is 19.8 Å². The summed E-state index contributed by atoms with van der Waals surface area (Å²) in [6.45, 7) is 1.93. The fourth-order valence-corrected chi connectivity index (χ4v) is 2.19. The van der Waals surface area contributed by atoms with Crippen molar-refractivity contribution in [1.82, 2.24) is 4.57 Å². The van der Waals surface area contributed by atoms with E-state index < -0.39 is 0 Å². The molecule has 0 N–H and O–H groups in total. The molecule has 1 unspecified atom stereocenters. The van der Waals surface area contributed by atoms with E-state index >= 15 is 0 Å². The van der Waals surface area contributed by atoms with Crippen LogP contribution >= 0.6 is 0 Å². The van der Waals surface area contributed by atoms with Crippen molar-refractivity contribution in [1.29, 1.82) is 0 Å². The first-order valence-electron chi connectivity index (χ1n) is 5.49. The maximum absolute atomic E-state index is 11.9. The molecule has 86 valence electrons. The van der Waals surface area contributed by atoms with E-state index in [9.17, 15) is 9.59 Å². The average molecular weight is 220 g/mol. The molecular formula is C12H16N2O2. The van der Waals surface area contributed by atoms with Crippen molar-refractivity contribution in [3.05, 3.63) is 28.2 Å². The first-order valence-corrected chi connectivity index (χ1v) is 5.49. The Morgan fingerprint density at radius 3 is 2.62 bits per heavy atom. The van der Waals surface area contributed by atoms with Crippen LogP contribution in [0.1, 0.15) is 19.0 Å². The van der Waals surface area contributed by atoms with Crippen LogP contribution in [0.3, 0.4) is 0 Å². The summed E-state index contributed by atoms with van der Waals surface area (Å²) in [5.41, 5.74) is 1.79. The van der Waals surface area contributed by atoms with Gasteiger partial charge in [0.15, 0.2) is 0 Å². The van der Waals surface area contributed by atoms with Gasteiger partial charge in [0.25, 0.3) is 5.56 Å². The van der Waals surface area contributed by atoms with E-state index in [-0.39, 0.29) is 17.4 Å². The minimum absolute atomic E-state index is 0.0193. The van der Waals surface area contributed by atoms with Crippen LogP contribution in [-0.2, 0) is 18.3 Å². The van der Waals surface area contributed by atoms with Crippen molar-refractivity contribution in [2.75, 3.05) is 11.9 Å². The molecule has 2 rings (SSSR count). The number of rotatable bonds is 0. The second kappa shape index (κ2) is 3.77. The molecule has 0 spiro atoms. The Morgan fingerprint density at radius 2 is 1.94 bits per heavy atom. The van der Waals surface area contributed by atoms with Crippen LogP contribution in [0.25, 0.3) is 0 Å². The zero-order valence-corrected chi connectivity index (χ0v) is 9.86. The van der Waals surface area contributed by atoms with Gasteiger partial charge in [-0.1, -0.05) is 6.92 Å². The molecule has 0 radical (unpaired) electrons. The number of carbonyl (C=O) groups is 1. The van der Waals surface area contributed by atoms with E-state index in [1.807, 2.05) is 6.92 Å². The maximum atomic E-state index is 11.9. The van der Waals surface area contributed by atoms with Crippen molar-refractivity contribution < 1.29 is 4.79 Å². The number of amides is 1. The third-order valence-corrected chi connectivity index (χ3v) is 3.34. The molecule has 1 aliphatic rings. The zero-order valence-electron chi connectivity index (χ0n) is 9.86. The summed E-state index contributed by atoms with van der Waals surface area (Å²) in [4.78, 5) is 25.1. The molecule has 1 atom stereocenters. The summed E-state index contributed by atoms with van der Waals surface area (Å²) in [6, 6.07) is 3.26. The summed E-state index contributed by atoms with van der Waals surface area (Å²) in [5, 5.41) is 0. The van der Waals surface area contributed by atoms with E-state index in [0.29, 0.717) is 0 Å². The van der Waals surface area contributed by atoms with Crippen LogP contribution in [0.4, 0.5) is 5.69 Å². The van der Waals surface area contributed by atoms with Gasteiger partial charge in [-0.25, -0.2) is 0 Å². The van der Waals surface area contributed by atoms with E-state index in [1.165, 1.54) is 6.07 Å². The van der Waals surface area contributed by atoms with Gasteiger partial charge in [0, 0.05) is 31.8 Å². The van der Waals surface area contributed by atoms with E-state index in [0.717, 1.165) is 24.2 Å². The summed E-state index contributed by atoms with van der Waals surface area (Å²) < 4.78 is 1.64. The highest BCUT2D eigenvalue weighted by molar-refractivity contribution is 5.95. The Labute approximate surface area is 94.5 Å². The molecular weight excluding hydrogens is 204 g/mol. The number of hydrogen-bond donors (Lipinski definition) is 0. The number of nitrogens with zero attached hydrogens (tertiary/aromatic N) is 2. The lowest BCUT2D eigenvalue weighted by molar-refractivity contribution is -0.121. The Hall–Kier alpha value is -1.58. The molecule has 1 aromatic rings. The van der Waals surface area contributed by atoms with Crippen LogP contribution in [0.15, 0.2) is 16.9 Å². The standard InChI is InChI=1S/C12H16N2O2/c1-8-4-5-9-10(14(3)12(8)16)6-7-11(15)13(9)2/h6-8H,4-5H2,1-3H3. The van der Waals surface area contributed by atoms with Crippen LogP contribution in [0.2, 0.25) is 0 Å². The predicted octanol–water partition coefficient (Wildman–Crippen LogP) is 0.930. The molecule has 0 saturated carbocycles. The van der Waals surface area contributed by atoms with Crippen LogP contribution < -0.4 is 10.5 Å². The van der Waals surface area contributed by atoms with Crippen LogP contribution in [0, 0.1) is 5.92 Å². The second-order valence-corrected chi connectivity index (χ2v) is 4.40. The van der Waals surface area contributed by atoms with Crippen molar-refractivity contribution >= 4 is 11.6 Å². The van der Waals surface area contributed by atoms with Crippen molar-refractivity contribution in [3.8, 4) is 0 Å². The third kappa shape index (κ3) is 1.54. The van der Waals surface area contributed by atoms with Gasteiger partial charge >= 0.3 is 0 Å². The number of hydrogen-bond acceptors (Lipinski definition) is 2. The third-order valence-electron chi connectivity index (χ3n) is 3.34. The summed E-state index contributed by atoms with van der Waals surface area (Å²) in [5.74, 6) is 0.143. The van der Waals surface area contributed by atoms with Gasteiger partial charge < -0.3 is 9.47 Å². The smallest absolute Gasteiger partial charge is 0.250 e. The number of aromatic nitrogens is 1. The molecule has 2 heterocycles. The molecule has 1 aliphatic heterocycles. The van der Waals surface area contributed by atoms with E-state index in [1.54, 1.807) is 29.6 Å². The molecule has 0 aromatic carbocycles. The molecule has 1 amide bonds. The average Bonchev–Trinajstić information content (AvgIpc) is 2.37. The minimum atomic E-state index is -0.0193. The lowest BCUT2D eigenvalue weighted by atomic mass is 10.0. The Bertz CT molecular complexity index is 490. The molecule has 4 heteroatoms. The monoisotopic (exact) mass is 220 g/mol. The van der Waals surface area contributed by atoms with Crippen molar-refractivity contribution in [3.63, 3.8) is 0 Å². The topological polar surface area (TPSA) is 42.3 Å². The molecule has 0 saturated heterocycles. The molecule has 0 aliphatic carbocycles. The number of pyridine rings is 1. The van der Waals surface area contributed by atoms with Gasteiger partial charge in [0.1, 0.15) is 0 Å². The predicted molar refractivity (Wildman–Crippen MR) is 62.6 cm³/mol. The minimum Gasteiger partial charge on any atom is -0.314 e. The molecule has 16 heavy (non-hydrogen) atoms. The fraction of sp³-hybridized carbons (Fsp3) is 0.500. The van der Waals surface area contributed by atoms with E-state index in [2.05, 4.69) is 0 Å². The molecule has 0 bridgehead atoms. The van der Waals surface area contributed by atoms with Gasteiger partial charge in [-0.2, -0.15) is 0 Å². The summed E-state index contributed by atoms with van der Waals surface area (Å²) in [7, 11) is 3.53. The Morgan fingerprint density at radius 1 is 1.25 bits per heavy atom. The fourth-order valence-electron chi connectivity index (χ4n) is 2.19. The second-order valence-electron chi connectivity index (χ2n) is 4.40. The highest BCUT2D eigenvalue weighted by Crippen LogP contribution is 2.26. The molecule has 0 fully saturated rings. The van der Waals surface area contributed by atoms with Gasteiger partial charge in [0.2, 0.25) is 5.91 Å². The quantitative estimate of drug-likeness (QED) is 0.652. The number of carbonyl (C=O) groups excluding carboxylic acids is 1. The van der Waals surface area contributed by atoms with Crippen LogP contribution in [-0.4, -0.2) is 17.5 Å². The summed E-state index contributed by atoms with van der Waals surface area (Å²) >= 11 is 0. The molecule has 4 nitrogen and oxygen atoms in total. The van der Waals surface area contributed by atoms with E-state index in [4.69, 9.17) is 0 Å². The van der Waals surface area contributed by atoms with Crippen molar-refractivity contribution in [2.24, 2.45) is 13.0 Å². The van der Waals surface area contributed by atoms with Gasteiger partial charge in [-0.3, -0.25) is 9.59 Å². The normalized spacial score (nSPS) is 20.6. The Kier molecular flexibility index (Phi) is 2.58. The first-order chi connectivity index (χ1) is 7.52. The highest BCUT2D eigenvalue weighted by Gasteiger charge is 2.25. The maximum Gasteiger partial charge on any atom is 0.250 e. The van der Waals surface area contributed by atoms with Crippen LogP contribution in [0.5, 0.6) is 0 Å². The molecule has 1 aromatic heterocycles. The summed E-state index contributed by atoms with van der Waals surface area (Å²) in [6.07, 6.45) is 1.58. The number of anilines is 1. The lowest BCUT2D eigenvalue weighted by Crippen LogP contribution is -2.31. The zero-order chi connectivity index (χ0) is 11.9. The highest BCUT2D eigenvalue weighted by atomic mass is 16.2. The van der Waals surface area contributed by atoms with Gasteiger partial charge in [-0.05, 0) is 18.9 Å². The Balaban J connectivity index is 2.61. The van der Waals surface area contributed by atoms with Gasteiger partial charge in [0.05, 0.1) is 5.69 Å². The first kappa shape index (κ1) is 10.9. The largest absolute Gasteiger partial charge is 0.314 e. The van der Waals surface area contributed by atoms with Gasteiger partial charge in [-0.15, -0.1) is 0 Å². The SMILES string of the molecule is CC1CCc2c(ccc(=O)n2C)N(C)C1=O.